The third kappa shape index (κ3) is 8.68. The normalized spacial score (nSPS) is 14.5. The van der Waals surface area contributed by atoms with Gasteiger partial charge in [-0.05, 0) is 26.2 Å². The Labute approximate surface area is 97.6 Å². The molecule has 2 atom stereocenters. The Morgan fingerprint density at radius 2 is 2.00 bits per heavy atom. The van der Waals surface area contributed by atoms with Crippen LogP contribution in [0.25, 0.3) is 0 Å². The fourth-order valence-electron chi connectivity index (χ4n) is 1.44. The van der Waals surface area contributed by atoms with Crippen molar-refractivity contribution in [3.63, 3.8) is 0 Å². The molecule has 0 saturated heterocycles. The summed E-state index contributed by atoms with van der Waals surface area (Å²) in [5.41, 5.74) is 0. The first-order chi connectivity index (χ1) is 7.60. The number of esters is 1. The smallest absolute Gasteiger partial charge is 0.306 e. The third-order valence-corrected chi connectivity index (χ3v) is 2.45. The number of aliphatic hydroxyl groups excluding tert-OH is 2. The highest BCUT2D eigenvalue weighted by Gasteiger charge is 2.12. The van der Waals surface area contributed by atoms with Gasteiger partial charge >= 0.3 is 5.97 Å². The summed E-state index contributed by atoms with van der Waals surface area (Å²) in [5, 5.41) is 17.9. The monoisotopic (exact) mass is 232 g/mol. The van der Waals surface area contributed by atoms with Crippen LogP contribution in [0.15, 0.2) is 0 Å². The van der Waals surface area contributed by atoms with Crippen LogP contribution in [0.2, 0.25) is 0 Å². The van der Waals surface area contributed by atoms with E-state index in [4.69, 9.17) is 9.84 Å². The van der Waals surface area contributed by atoms with Crippen LogP contribution in [0, 0.1) is 0 Å². The topological polar surface area (TPSA) is 66.8 Å². The lowest BCUT2D eigenvalue weighted by atomic mass is 10.1. The van der Waals surface area contributed by atoms with Crippen LogP contribution in [0.4, 0.5) is 0 Å². The van der Waals surface area contributed by atoms with E-state index in [1.807, 2.05) is 6.92 Å². The van der Waals surface area contributed by atoms with E-state index in [2.05, 4.69) is 0 Å². The Morgan fingerprint density at radius 3 is 2.56 bits per heavy atom. The van der Waals surface area contributed by atoms with Gasteiger partial charge in [-0.25, -0.2) is 0 Å². The molecule has 2 N–H and O–H groups in total. The molecular weight excluding hydrogens is 208 g/mol. The third-order valence-electron chi connectivity index (χ3n) is 2.45. The minimum atomic E-state index is -0.391. The number of carbonyl (C=O) groups excluding carboxylic acids is 1. The average molecular weight is 232 g/mol. The highest BCUT2D eigenvalue weighted by atomic mass is 16.5. The fraction of sp³-hybridized carbons (Fsp3) is 0.917. The molecule has 0 bridgehead atoms. The van der Waals surface area contributed by atoms with Crippen molar-refractivity contribution in [3.05, 3.63) is 0 Å². The molecule has 0 aromatic rings. The van der Waals surface area contributed by atoms with E-state index in [1.165, 1.54) is 0 Å². The van der Waals surface area contributed by atoms with Crippen LogP contribution < -0.4 is 0 Å². The second kappa shape index (κ2) is 9.60. The molecule has 0 amide bonds. The van der Waals surface area contributed by atoms with Crippen LogP contribution in [0.1, 0.15) is 52.4 Å². The van der Waals surface area contributed by atoms with Crippen LogP contribution in [0.3, 0.4) is 0 Å². The lowest BCUT2D eigenvalue weighted by Crippen LogP contribution is -2.20. The van der Waals surface area contributed by atoms with E-state index in [0.29, 0.717) is 19.3 Å². The molecule has 4 nitrogen and oxygen atoms in total. The molecule has 0 radical (unpaired) electrons. The molecule has 0 aromatic heterocycles. The zero-order chi connectivity index (χ0) is 12.4. The predicted molar refractivity (Wildman–Crippen MR) is 62.0 cm³/mol. The first-order valence-electron chi connectivity index (χ1n) is 6.08. The summed E-state index contributed by atoms with van der Waals surface area (Å²) >= 11 is 0. The van der Waals surface area contributed by atoms with Crippen LogP contribution >= 0.6 is 0 Å². The van der Waals surface area contributed by atoms with Gasteiger partial charge in [0.05, 0.1) is 6.10 Å². The van der Waals surface area contributed by atoms with E-state index < -0.39 is 6.10 Å². The van der Waals surface area contributed by atoms with Crippen molar-refractivity contribution in [3.8, 4) is 0 Å². The molecule has 0 heterocycles. The summed E-state index contributed by atoms with van der Waals surface area (Å²) in [5.74, 6) is -0.214. The lowest BCUT2D eigenvalue weighted by molar-refractivity contribution is -0.149. The minimum absolute atomic E-state index is 0.175. The van der Waals surface area contributed by atoms with Gasteiger partial charge in [-0.3, -0.25) is 4.79 Å². The molecule has 0 aliphatic rings. The summed E-state index contributed by atoms with van der Waals surface area (Å²) < 4.78 is 5.14. The van der Waals surface area contributed by atoms with Gasteiger partial charge < -0.3 is 14.9 Å². The summed E-state index contributed by atoms with van der Waals surface area (Å²) in [6, 6.07) is 0. The Bertz CT molecular complexity index is 182. The van der Waals surface area contributed by atoms with Crippen LogP contribution in [-0.4, -0.2) is 35.0 Å². The zero-order valence-corrected chi connectivity index (χ0v) is 10.3. The quantitative estimate of drug-likeness (QED) is 0.468. The largest absolute Gasteiger partial charge is 0.463 e. The Hall–Kier alpha value is -0.610. The SMILES string of the molecule is CCC(O)CC(C)OC(=O)CCCCCO. The van der Waals surface area contributed by atoms with Gasteiger partial charge in [0, 0.05) is 19.4 Å². The average Bonchev–Trinajstić information content (AvgIpc) is 2.24. The Morgan fingerprint density at radius 1 is 1.31 bits per heavy atom. The number of rotatable bonds is 9. The molecule has 4 heteroatoms. The summed E-state index contributed by atoms with van der Waals surface area (Å²) in [6.45, 7) is 3.87. The zero-order valence-electron chi connectivity index (χ0n) is 10.3. The Kier molecular flexibility index (Phi) is 9.24. The van der Waals surface area contributed by atoms with Gasteiger partial charge in [0.15, 0.2) is 0 Å². The van der Waals surface area contributed by atoms with Crippen molar-refractivity contribution in [2.45, 2.75) is 64.6 Å². The number of ether oxygens (including phenoxy) is 1. The number of hydrogen-bond acceptors (Lipinski definition) is 4. The predicted octanol–water partition coefficient (Wildman–Crippen LogP) is 1.63. The van der Waals surface area contributed by atoms with Gasteiger partial charge in [-0.2, -0.15) is 0 Å². The van der Waals surface area contributed by atoms with E-state index >= 15 is 0 Å². The number of aliphatic hydroxyl groups is 2. The van der Waals surface area contributed by atoms with Gasteiger partial charge in [0.25, 0.3) is 0 Å². The summed E-state index contributed by atoms with van der Waals surface area (Å²) in [4.78, 5) is 11.3. The highest BCUT2D eigenvalue weighted by Crippen LogP contribution is 2.08. The van der Waals surface area contributed by atoms with E-state index in [0.717, 1.165) is 19.3 Å². The molecule has 0 saturated carbocycles. The maximum absolute atomic E-state index is 11.3. The molecule has 0 fully saturated rings. The van der Waals surface area contributed by atoms with Crippen LogP contribution in [-0.2, 0) is 9.53 Å². The second-order valence-corrected chi connectivity index (χ2v) is 4.13. The van der Waals surface area contributed by atoms with Crippen molar-refractivity contribution in [2.24, 2.45) is 0 Å². The summed E-state index contributed by atoms with van der Waals surface area (Å²) in [7, 11) is 0. The first kappa shape index (κ1) is 15.4. The van der Waals surface area contributed by atoms with Crippen LogP contribution in [0.5, 0.6) is 0 Å². The lowest BCUT2D eigenvalue weighted by Gasteiger charge is -2.16. The molecule has 16 heavy (non-hydrogen) atoms. The molecule has 0 spiro atoms. The second-order valence-electron chi connectivity index (χ2n) is 4.13. The van der Waals surface area contributed by atoms with Gasteiger partial charge in [0.1, 0.15) is 6.10 Å². The van der Waals surface area contributed by atoms with Crippen molar-refractivity contribution in [1.82, 2.24) is 0 Å². The van der Waals surface area contributed by atoms with Crippen molar-refractivity contribution in [1.29, 1.82) is 0 Å². The number of carbonyl (C=O) groups is 1. The van der Waals surface area contributed by atoms with Gasteiger partial charge in [0.2, 0.25) is 0 Å². The molecule has 2 unspecified atom stereocenters. The van der Waals surface area contributed by atoms with E-state index in [9.17, 15) is 9.90 Å². The van der Waals surface area contributed by atoms with Gasteiger partial charge in [-0.15, -0.1) is 0 Å². The first-order valence-corrected chi connectivity index (χ1v) is 6.08. The maximum atomic E-state index is 11.3. The molecule has 0 rings (SSSR count). The number of unbranched alkanes of at least 4 members (excludes halogenated alkanes) is 2. The maximum Gasteiger partial charge on any atom is 0.306 e. The number of hydrogen-bond donors (Lipinski definition) is 2. The molecule has 0 aromatic carbocycles. The highest BCUT2D eigenvalue weighted by molar-refractivity contribution is 5.69. The van der Waals surface area contributed by atoms with Crippen molar-refractivity contribution < 1.29 is 19.7 Å². The standard InChI is InChI=1S/C12H24O4/c1-3-11(14)9-10(2)16-12(15)7-5-4-6-8-13/h10-11,13-14H,3-9H2,1-2H3. The molecule has 0 aliphatic carbocycles. The van der Waals surface area contributed by atoms with Crippen molar-refractivity contribution in [2.75, 3.05) is 6.61 Å². The minimum Gasteiger partial charge on any atom is -0.463 e. The molecule has 0 aliphatic heterocycles. The van der Waals surface area contributed by atoms with Gasteiger partial charge in [-0.1, -0.05) is 13.3 Å². The fourth-order valence-corrected chi connectivity index (χ4v) is 1.44. The van der Waals surface area contributed by atoms with E-state index in [-0.39, 0.29) is 18.7 Å². The molecular formula is C12H24O4. The molecule has 96 valence electrons. The van der Waals surface area contributed by atoms with E-state index in [1.54, 1.807) is 6.92 Å². The summed E-state index contributed by atoms with van der Waals surface area (Å²) in [6.07, 6.45) is 3.29. The Balaban J connectivity index is 3.54. The van der Waals surface area contributed by atoms with Crippen molar-refractivity contribution >= 4 is 5.97 Å².